The van der Waals surface area contributed by atoms with E-state index in [0.29, 0.717) is 16.4 Å². The van der Waals surface area contributed by atoms with E-state index in [-0.39, 0.29) is 11.3 Å². The van der Waals surface area contributed by atoms with Crippen LogP contribution in [-0.4, -0.2) is 42.7 Å². The van der Waals surface area contributed by atoms with E-state index < -0.39 is 39.2 Å². The Kier molecular flexibility index (Phi) is 5.52. The molecule has 3 rings (SSSR count). The summed E-state index contributed by atoms with van der Waals surface area (Å²) in [5, 5.41) is 14.2. The fourth-order valence-electron chi connectivity index (χ4n) is 3.09. The molecule has 0 saturated carbocycles. The summed E-state index contributed by atoms with van der Waals surface area (Å²) in [5.74, 6) is -1.73. The van der Waals surface area contributed by atoms with E-state index >= 15 is 4.39 Å². The largest absolute Gasteiger partial charge is 0.465 e. The van der Waals surface area contributed by atoms with Crippen LogP contribution >= 0.6 is 11.6 Å². The number of benzene rings is 2. The SMILES string of the molecule is CN1C(NC(=O)O)=N[C@](C)(c2cccc(Nc3cc(Cl)ccc3N)c2F)CS1(=O)=O. The first-order chi connectivity index (χ1) is 13.9. The summed E-state index contributed by atoms with van der Waals surface area (Å²) in [4.78, 5) is 15.2. The van der Waals surface area contributed by atoms with E-state index in [1.54, 1.807) is 12.1 Å². The van der Waals surface area contributed by atoms with Crippen molar-refractivity contribution in [3.05, 3.63) is 52.8 Å². The maximum absolute atomic E-state index is 15.4. The Labute approximate surface area is 177 Å². The number of carbonyl (C=O) groups is 1. The zero-order valence-corrected chi connectivity index (χ0v) is 17.6. The van der Waals surface area contributed by atoms with Gasteiger partial charge in [-0.1, -0.05) is 23.7 Å². The first kappa shape index (κ1) is 21.7. The van der Waals surface area contributed by atoms with Crippen LogP contribution in [-0.2, 0) is 15.6 Å². The van der Waals surface area contributed by atoms with E-state index in [4.69, 9.17) is 22.4 Å². The Bertz CT molecular complexity index is 1160. The Morgan fingerprint density at radius 2 is 2.03 bits per heavy atom. The van der Waals surface area contributed by atoms with Crippen molar-refractivity contribution in [2.75, 3.05) is 23.9 Å². The van der Waals surface area contributed by atoms with Gasteiger partial charge in [0.25, 0.3) is 0 Å². The van der Waals surface area contributed by atoms with Gasteiger partial charge in [-0.3, -0.25) is 5.32 Å². The second-order valence-corrected chi connectivity index (χ2v) is 9.32. The summed E-state index contributed by atoms with van der Waals surface area (Å²) in [6, 6.07) is 9.04. The number of rotatable bonds is 3. The number of carboxylic acid groups (broad SMARTS) is 1. The van der Waals surface area contributed by atoms with Crippen molar-refractivity contribution >= 4 is 50.7 Å². The summed E-state index contributed by atoms with van der Waals surface area (Å²) < 4.78 is 41.3. The molecule has 9 nitrogen and oxygen atoms in total. The average Bonchev–Trinajstić information content (AvgIpc) is 2.63. The summed E-state index contributed by atoms with van der Waals surface area (Å²) in [6.45, 7) is 1.41. The van der Waals surface area contributed by atoms with Crippen molar-refractivity contribution in [2.45, 2.75) is 12.5 Å². The first-order valence-electron chi connectivity index (χ1n) is 8.60. The van der Waals surface area contributed by atoms with Gasteiger partial charge >= 0.3 is 6.09 Å². The van der Waals surface area contributed by atoms with Gasteiger partial charge in [0.1, 0.15) is 5.54 Å². The predicted molar refractivity (Wildman–Crippen MR) is 113 cm³/mol. The normalized spacial score (nSPS) is 20.4. The van der Waals surface area contributed by atoms with E-state index in [1.807, 2.05) is 5.32 Å². The molecule has 30 heavy (non-hydrogen) atoms. The Hall–Kier alpha value is -3.05. The number of hydrogen-bond acceptors (Lipinski definition) is 6. The van der Waals surface area contributed by atoms with Crippen LogP contribution in [0.25, 0.3) is 0 Å². The van der Waals surface area contributed by atoms with Crippen LogP contribution in [0.4, 0.5) is 26.2 Å². The van der Waals surface area contributed by atoms with Crippen LogP contribution in [0.1, 0.15) is 12.5 Å². The van der Waals surface area contributed by atoms with Gasteiger partial charge in [-0.2, -0.15) is 0 Å². The lowest BCUT2D eigenvalue weighted by Crippen LogP contribution is -2.53. The van der Waals surface area contributed by atoms with Gasteiger partial charge in [0.2, 0.25) is 16.0 Å². The molecule has 0 spiro atoms. The molecule has 160 valence electrons. The molecule has 2 aromatic rings. The Morgan fingerprint density at radius 3 is 2.70 bits per heavy atom. The summed E-state index contributed by atoms with van der Waals surface area (Å²) in [6.07, 6.45) is -1.49. The molecule has 0 fully saturated rings. The monoisotopic (exact) mass is 455 g/mol. The number of anilines is 3. The van der Waals surface area contributed by atoms with Crippen LogP contribution < -0.4 is 16.4 Å². The van der Waals surface area contributed by atoms with Gasteiger partial charge < -0.3 is 16.2 Å². The van der Waals surface area contributed by atoms with Gasteiger partial charge in [-0.25, -0.2) is 26.9 Å². The number of nitrogens with two attached hydrogens (primary N) is 1. The molecule has 0 radical (unpaired) electrons. The Morgan fingerprint density at radius 1 is 1.33 bits per heavy atom. The minimum absolute atomic E-state index is 0.0296. The average molecular weight is 456 g/mol. The molecular weight excluding hydrogens is 437 g/mol. The molecule has 1 heterocycles. The van der Waals surface area contributed by atoms with Crippen LogP contribution in [0.5, 0.6) is 0 Å². The number of aliphatic imine (C=N–C) groups is 1. The maximum Gasteiger partial charge on any atom is 0.411 e. The molecule has 2 aromatic carbocycles. The fourth-order valence-corrected chi connectivity index (χ4v) is 4.73. The Balaban J connectivity index is 2.09. The molecule has 1 amide bonds. The fraction of sp³-hybridized carbons (Fsp3) is 0.222. The highest BCUT2D eigenvalue weighted by atomic mass is 35.5. The van der Waals surface area contributed by atoms with Gasteiger partial charge in [-0.15, -0.1) is 0 Å². The number of nitrogen functional groups attached to an aromatic ring is 1. The number of nitrogens with zero attached hydrogens (tertiary/aromatic N) is 2. The third-order valence-electron chi connectivity index (χ3n) is 4.61. The smallest absolute Gasteiger partial charge is 0.411 e. The zero-order chi connectivity index (χ0) is 22.3. The summed E-state index contributed by atoms with van der Waals surface area (Å²) >= 11 is 5.97. The van der Waals surface area contributed by atoms with E-state index in [0.717, 1.165) is 4.31 Å². The van der Waals surface area contributed by atoms with Gasteiger partial charge in [-0.05, 0) is 31.2 Å². The van der Waals surface area contributed by atoms with Gasteiger partial charge in [0, 0.05) is 17.6 Å². The molecule has 0 saturated heterocycles. The first-order valence-corrected chi connectivity index (χ1v) is 10.6. The van der Waals surface area contributed by atoms with Crippen molar-refractivity contribution in [2.24, 2.45) is 4.99 Å². The molecule has 12 heteroatoms. The maximum atomic E-state index is 15.4. The second kappa shape index (κ2) is 7.65. The molecular formula is C18H19ClFN5O4S. The topological polar surface area (TPSA) is 137 Å². The third kappa shape index (κ3) is 4.12. The van der Waals surface area contributed by atoms with Crippen molar-refractivity contribution in [3.8, 4) is 0 Å². The lowest BCUT2D eigenvalue weighted by Gasteiger charge is -2.35. The minimum atomic E-state index is -3.96. The van der Waals surface area contributed by atoms with Crippen LogP contribution in [0.2, 0.25) is 5.02 Å². The van der Waals surface area contributed by atoms with E-state index in [9.17, 15) is 13.2 Å². The molecule has 0 aliphatic carbocycles. The zero-order valence-electron chi connectivity index (χ0n) is 16.0. The van der Waals surface area contributed by atoms with Gasteiger partial charge in [0.15, 0.2) is 5.82 Å². The molecule has 0 bridgehead atoms. The second-order valence-electron chi connectivity index (χ2n) is 6.89. The quantitative estimate of drug-likeness (QED) is 0.525. The number of sulfonamides is 1. The van der Waals surface area contributed by atoms with E-state index in [2.05, 4.69) is 10.3 Å². The van der Waals surface area contributed by atoms with E-state index in [1.165, 1.54) is 38.2 Å². The van der Waals surface area contributed by atoms with Crippen LogP contribution in [0, 0.1) is 5.82 Å². The minimum Gasteiger partial charge on any atom is -0.465 e. The van der Waals surface area contributed by atoms with Crippen molar-refractivity contribution in [1.82, 2.24) is 9.62 Å². The number of nitrogens with one attached hydrogen (secondary N) is 2. The third-order valence-corrected chi connectivity index (χ3v) is 6.78. The molecule has 1 aliphatic heterocycles. The van der Waals surface area contributed by atoms with Crippen LogP contribution in [0.15, 0.2) is 41.4 Å². The molecule has 0 aromatic heterocycles. The number of amides is 1. The predicted octanol–water partition coefficient (Wildman–Crippen LogP) is 2.92. The highest BCUT2D eigenvalue weighted by molar-refractivity contribution is 7.89. The summed E-state index contributed by atoms with van der Waals surface area (Å²) in [7, 11) is -2.79. The van der Waals surface area contributed by atoms with Crippen molar-refractivity contribution < 1.29 is 22.7 Å². The summed E-state index contributed by atoms with van der Waals surface area (Å²) in [5.41, 5.74) is 5.02. The lowest BCUT2D eigenvalue weighted by molar-refractivity contribution is 0.199. The highest BCUT2D eigenvalue weighted by Gasteiger charge is 2.43. The van der Waals surface area contributed by atoms with Gasteiger partial charge in [0.05, 0.1) is 22.8 Å². The molecule has 1 atom stereocenters. The highest BCUT2D eigenvalue weighted by Crippen LogP contribution is 2.37. The van der Waals surface area contributed by atoms with Crippen molar-refractivity contribution in [1.29, 1.82) is 0 Å². The number of guanidine groups is 1. The number of hydrogen-bond donors (Lipinski definition) is 4. The van der Waals surface area contributed by atoms with Crippen LogP contribution in [0.3, 0.4) is 0 Å². The lowest BCUT2D eigenvalue weighted by atomic mass is 9.93. The number of halogens is 2. The molecule has 1 aliphatic rings. The molecule has 5 N–H and O–H groups in total. The van der Waals surface area contributed by atoms with Crippen molar-refractivity contribution in [3.63, 3.8) is 0 Å². The molecule has 0 unspecified atom stereocenters. The standard InChI is InChI=1S/C18H19ClFN5O4S/c1-18(9-30(28,29)25(2)16(24-18)23-17(26)27)11-4-3-5-13(15(11)20)22-14-8-10(19)6-7-12(14)21/h3-8,22H,9,21H2,1-2H3,(H,23,24)(H,26,27)/t18-/m0/s1.